The first-order valence-corrected chi connectivity index (χ1v) is 9.89. The molecule has 5 N–H and O–H groups in total. The Labute approximate surface area is 172 Å². The van der Waals surface area contributed by atoms with Gasteiger partial charge in [0.2, 0.25) is 5.65 Å². The lowest BCUT2D eigenvalue weighted by atomic mass is 9.80. The van der Waals surface area contributed by atoms with Crippen molar-refractivity contribution in [2.75, 3.05) is 30.3 Å². The summed E-state index contributed by atoms with van der Waals surface area (Å²) in [6.45, 7) is 4.77. The molecule has 0 bridgehead atoms. The Bertz CT molecular complexity index is 1010. The number of nitrogens with two attached hydrogens (primary N) is 2. The normalized spacial score (nSPS) is 16.6. The molecule has 3 aromatic rings. The van der Waals surface area contributed by atoms with E-state index in [9.17, 15) is 0 Å². The van der Waals surface area contributed by atoms with Gasteiger partial charge < -0.3 is 16.4 Å². The molecule has 0 aliphatic carbocycles. The summed E-state index contributed by atoms with van der Waals surface area (Å²) in [6, 6.07) is 1.70. The lowest BCUT2D eigenvalue weighted by Crippen LogP contribution is -2.42. The van der Waals surface area contributed by atoms with E-state index in [1.54, 1.807) is 12.3 Å². The van der Waals surface area contributed by atoms with Crippen LogP contribution in [0.3, 0.4) is 0 Å². The molecule has 1 aliphatic heterocycles. The first-order chi connectivity index (χ1) is 13.4. The summed E-state index contributed by atoms with van der Waals surface area (Å²) >= 11 is 12.3. The highest BCUT2D eigenvalue weighted by Crippen LogP contribution is 2.32. The fraction of sp³-hybridized carbons (Fsp3) is 0.444. The van der Waals surface area contributed by atoms with Crippen molar-refractivity contribution in [3.63, 3.8) is 0 Å². The molecule has 4 heterocycles. The largest absolute Gasteiger partial charge is 0.384 e. The Morgan fingerprint density at radius 1 is 1.25 bits per heavy atom. The number of fused-ring (bicyclic) bond motifs is 1. The number of H-pyrrole nitrogens is 1. The van der Waals surface area contributed by atoms with E-state index in [4.69, 9.17) is 34.7 Å². The van der Waals surface area contributed by atoms with Gasteiger partial charge in [0.15, 0.2) is 0 Å². The molecular formula is C18H22Cl2N8. The van der Waals surface area contributed by atoms with E-state index < -0.39 is 0 Å². The van der Waals surface area contributed by atoms with E-state index in [1.807, 2.05) is 0 Å². The number of aromatic nitrogens is 5. The molecule has 0 atom stereocenters. The minimum absolute atomic E-state index is 0.184. The maximum Gasteiger partial charge on any atom is 0.201 e. The fourth-order valence-corrected chi connectivity index (χ4v) is 3.86. The van der Waals surface area contributed by atoms with Crippen LogP contribution in [0.4, 0.5) is 11.6 Å². The van der Waals surface area contributed by atoms with Gasteiger partial charge in [-0.2, -0.15) is 5.10 Å². The second-order valence-electron chi connectivity index (χ2n) is 7.59. The topological polar surface area (TPSA) is 123 Å². The molecule has 0 spiro atoms. The number of nitrogens with zero attached hydrogens (tertiary/aromatic N) is 5. The standard InChI is InChI=1S/C18H22Cl2N8/c1-18(9-21)2-4-28(5-3-18)13-8-23-15-11(26-27-17(15)25-13)6-10-7-12(22)24-16(20)14(10)19/h7-8H,2-6,9,21H2,1H3,(H2,22,24)(H,25,26,27). The molecule has 8 nitrogen and oxygen atoms in total. The Kier molecular flexibility index (Phi) is 5.03. The van der Waals surface area contributed by atoms with Crippen LogP contribution < -0.4 is 16.4 Å². The molecule has 28 heavy (non-hydrogen) atoms. The SMILES string of the molecule is CC1(CN)CCN(c2cnc3c(Cc4cc(N)nc(Cl)c4Cl)[nH]nc3n2)CC1. The summed E-state index contributed by atoms with van der Waals surface area (Å²) < 4.78 is 0. The van der Waals surface area contributed by atoms with E-state index >= 15 is 0 Å². The van der Waals surface area contributed by atoms with Gasteiger partial charge in [-0.25, -0.2) is 15.0 Å². The average Bonchev–Trinajstić information content (AvgIpc) is 3.08. The molecule has 1 aliphatic rings. The average molecular weight is 421 g/mol. The summed E-state index contributed by atoms with van der Waals surface area (Å²) in [5, 5.41) is 7.89. The monoisotopic (exact) mass is 420 g/mol. The maximum absolute atomic E-state index is 6.26. The summed E-state index contributed by atoms with van der Waals surface area (Å²) in [6.07, 6.45) is 4.33. The van der Waals surface area contributed by atoms with E-state index in [0.717, 1.165) is 43.0 Å². The number of piperidine rings is 1. The Morgan fingerprint density at radius 2 is 2.00 bits per heavy atom. The summed E-state index contributed by atoms with van der Waals surface area (Å²) in [4.78, 5) is 15.5. The fourth-order valence-electron chi connectivity index (χ4n) is 3.48. The van der Waals surface area contributed by atoms with Gasteiger partial charge >= 0.3 is 0 Å². The zero-order valence-electron chi connectivity index (χ0n) is 15.5. The molecule has 0 saturated carbocycles. The van der Waals surface area contributed by atoms with Gasteiger partial charge in [0.05, 0.1) is 16.9 Å². The maximum atomic E-state index is 6.26. The molecule has 148 valence electrons. The van der Waals surface area contributed by atoms with Crippen LogP contribution in [0, 0.1) is 5.41 Å². The Hall–Kier alpha value is -2.16. The number of nitrogens with one attached hydrogen (secondary N) is 1. The van der Waals surface area contributed by atoms with Crippen molar-refractivity contribution < 1.29 is 0 Å². The number of halogens is 2. The van der Waals surface area contributed by atoms with Crippen LogP contribution in [0.5, 0.6) is 0 Å². The number of nitrogen functional groups attached to an aromatic ring is 1. The van der Waals surface area contributed by atoms with Gasteiger partial charge in [-0.05, 0) is 36.4 Å². The lowest BCUT2D eigenvalue weighted by molar-refractivity contribution is 0.258. The summed E-state index contributed by atoms with van der Waals surface area (Å²) in [5.41, 5.74) is 14.7. The van der Waals surface area contributed by atoms with Crippen LogP contribution in [-0.4, -0.2) is 44.8 Å². The predicted octanol–water partition coefficient (Wildman–Crippen LogP) is 2.79. The van der Waals surface area contributed by atoms with Crippen LogP contribution in [0.2, 0.25) is 10.2 Å². The highest BCUT2D eigenvalue weighted by Gasteiger charge is 2.29. The van der Waals surface area contributed by atoms with Gasteiger partial charge in [-0.1, -0.05) is 30.1 Å². The number of pyridine rings is 1. The van der Waals surface area contributed by atoms with Crippen molar-refractivity contribution in [1.29, 1.82) is 0 Å². The molecule has 1 fully saturated rings. The highest BCUT2D eigenvalue weighted by molar-refractivity contribution is 6.41. The van der Waals surface area contributed by atoms with E-state index in [-0.39, 0.29) is 10.6 Å². The van der Waals surface area contributed by atoms with Gasteiger partial charge in [0.1, 0.15) is 22.3 Å². The van der Waals surface area contributed by atoms with Crippen molar-refractivity contribution in [1.82, 2.24) is 25.1 Å². The van der Waals surface area contributed by atoms with Crippen molar-refractivity contribution in [2.24, 2.45) is 11.1 Å². The minimum atomic E-state index is 0.184. The number of hydrogen-bond donors (Lipinski definition) is 3. The van der Waals surface area contributed by atoms with E-state index in [0.29, 0.717) is 35.0 Å². The zero-order chi connectivity index (χ0) is 19.9. The summed E-state index contributed by atoms with van der Waals surface area (Å²) in [7, 11) is 0. The van der Waals surface area contributed by atoms with Crippen LogP contribution in [0.15, 0.2) is 12.3 Å². The van der Waals surface area contributed by atoms with Crippen LogP contribution in [-0.2, 0) is 6.42 Å². The molecule has 0 aromatic carbocycles. The van der Waals surface area contributed by atoms with Crippen molar-refractivity contribution in [3.05, 3.63) is 33.7 Å². The molecule has 0 radical (unpaired) electrons. The van der Waals surface area contributed by atoms with Crippen LogP contribution in [0.1, 0.15) is 31.0 Å². The van der Waals surface area contributed by atoms with Gasteiger partial charge in [0, 0.05) is 19.5 Å². The van der Waals surface area contributed by atoms with Crippen molar-refractivity contribution in [3.8, 4) is 0 Å². The van der Waals surface area contributed by atoms with Gasteiger partial charge in [0.25, 0.3) is 0 Å². The van der Waals surface area contributed by atoms with Crippen molar-refractivity contribution >= 4 is 46.0 Å². The Balaban J connectivity index is 1.57. The summed E-state index contributed by atoms with van der Waals surface area (Å²) in [5.74, 6) is 1.15. The first kappa shape index (κ1) is 19.2. The van der Waals surface area contributed by atoms with Crippen LogP contribution >= 0.6 is 23.2 Å². The van der Waals surface area contributed by atoms with Crippen LogP contribution in [0.25, 0.3) is 11.2 Å². The smallest absolute Gasteiger partial charge is 0.201 e. The number of anilines is 2. The minimum Gasteiger partial charge on any atom is -0.384 e. The third-order valence-corrected chi connectivity index (χ3v) is 6.28. The molecular weight excluding hydrogens is 399 g/mol. The zero-order valence-corrected chi connectivity index (χ0v) is 17.1. The number of aromatic amines is 1. The van der Waals surface area contributed by atoms with E-state index in [2.05, 4.69) is 37.0 Å². The Morgan fingerprint density at radius 3 is 2.71 bits per heavy atom. The van der Waals surface area contributed by atoms with E-state index in [1.165, 1.54) is 0 Å². The third-order valence-electron chi connectivity index (χ3n) is 5.49. The second kappa shape index (κ2) is 7.35. The number of hydrogen-bond acceptors (Lipinski definition) is 7. The number of rotatable bonds is 4. The molecule has 0 unspecified atom stereocenters. The molecule has 1 saturated heterocycles. The molecule has 4 rings (SSSR count). The quantitative estimate of drug-likeness (QED) is 0.554. The first-order valence-electron chi connectivity index (χ1n) is 9.14. The van der Waals surface area contributed by atoms with Crippen molar-refractivity contribution in [2.45, 2.75) is 26.2 Å². The van der Waals surface area contributed by atoms with Gasteiger partial charge in [-0.3, -0.25) is 5.10 Å². The molecule has 10 heteroatoms. The second-order valence-corrected chi connectivity index (χ2v) is 8.33. The highest BCUT2D eigenvalue weighted by atomic mass is 35.5. The van der Waals surface area contributed by atoms with Gasteiger partial charge in [-0.15, -0.1) is 0 Å². The molecule has 0 amide bonds. The predicted molar refractivity (Wildman–Crippen MR) is 112 cm³/mol. The molecule has 3 aromatic heterocycles. The lowest BCUT2D eigenvalue weighted by Gasteiger charge is -2.39. The third kappa shape index (κ3) is 3.59.